The summed E-state index contributed by atoms with van der Waals surface area (Å²) >= 11 is 1.61. The van der Waals surface area contributed by atoms with Gasteiger partial charge in [-0.3, -0.25) is 0 Å². The third kappa shape index (κ3) is 2.76. The molecule has 0 bridgehead atoms. The lowest BCUT2D eigenvalue weighted by Crippen LogP contribution is -1.94. The number of rotatable bonds is 5. The summed E-state index contributed by atoms with van der Waals surface area (Å²) in [5.41, 5.74) is 1.07. The second kappa shape index (κ2) is 5.77. The Kier molecular flexibility index (Phi) is 4.09. The van der Waals surface area contributed by atoms with Crippen LogP contribution >= 0.6 is 11.8 Å². The fourth-order valence-electron chi connectivity index (χ4n) is 1.54. The first-order valence-electron chi connectivity index (χ1n) is 5.42. The van der Waals surface area contributed by atoms with E-state index in [4.69, 9.17) is 9.47 Å². The average molecular weight is 265 g/mol. The highest BCUT2D eigenvalue weighted by Crippen LogP contribution is 2.29. The van der Waals surface area contributed by atoms with Crippen molar-refractivity contribution in [1.82, 2.24) is 14.8 Å². The molecular formula is C12H15N3O2S. The Morgan fingerprint density at radius 1 is 1.28 bits per heavy atom. The van der Waals surface area contributed by atoms with E-state index in [9.17, 15) is 0 Å². The Morgan fingerprint density at radius 2 is 2.11 bits per heavy atom. The highest BCUT2D eigenvalue weighted by Gasteiger charge is 2.08. The van der Waals surface area contributed by atoms with Gasteiger partial charge in [-0.15, -0.1) is 10.2 Å². The van der Waals surface area contributed by atoms with E-state index >= 15 is 0 Å². The van der Waals surface area contributed by atoms with Crippen LogP contribution in [0.3, 0.4) is 0 Å². The molecule has 0 N–H and O–H groups in total. The van der Waals surface area contributed by atoms with E-state index in [-0.39, 0.29) is 0 Å². The van der Waals surface area contributed by atoms with Crippen molar-refractivity contribution < 1.29 is 9.47 Å². The molecule has 2 aromatic rings. The summed E-state index contributed by atoms with van der Waals surface area (Å²) in [5, 5.41) is 8.75. The molecule has 0 fully saturated rings. The van der Waals surface area contributed by atoms with E-state index < -0.39 is 0 Å². The molecule has 0 radical (unpaired) electrons. The summed E-state index contributed by atoms with van der Waals surface area (Å²) in [6, 6.07) is 5.77. The summed E-state index contributed by atoms with van der Waals surface area (Å²) in [7, 11) is 5.24. The first-order valence-corrected chi connectivity index (χ1v) is 6.41. The van der Waals surface area contributed by atoms with Crippen LogP contribution in [0.4, 0.5) is 0 Å². The minimum Gasteiger partial charge on any atom is -0.497 e. The molecule has 0 unspecified atom stereocenters. The van der Waals surface area contributed by atoms with Crippen LogP contribution in [0.1, 0.15) is 5.56 Å². The van der Waals surface area contributed by atoms with Gasteiger partial charge in [0.2, 0.25) is 0 Å². The molecule has 0 saturated carbocycles. The van der Waals surface area contributed by atoms with Crippen LogP contribution in [-0.2, 0) is 12.8 Å². The molecule has 0 aliphatic rings. The minimum absolute atomic E-state index is 0.757. The topological polar surface area (TPSA) is 49.2 Å². The predicted molar refractivity (Wildman–Crippen MR) is 70.1 cm³/mol. The number of benzene rings is 1. The van der Waals surface area contributed by atoms with Crippen molar-refractivity contribution in [1.29, 1.82) is 0 Å². The lowest BCUT2D eigenvalue weighted by Gasteiger charge is -2.09. The van der Waals surface area contributed by atoms with Crippen molar-refractivity contribution in [3.8, 4) is 11.5 Å². The Bertz CT molecular complexity index is 528. The van der Waals surface area contributed by atoms with E-state index in [0.29, 0.717) is 0 Å². The highest BCUT2D eigenvalue weighted by atomic mass is 32.2. The van der Waals surface area contributed by atoms with Crippen molar-refractivity contribution in [3.05, 3.63) is 30.1 Å². The zero-order chi connectivity index (χ0) is 13.0. The minimum atomic E-state index is 0.757. The normalized spacial score (nSPS) is 10.4. The number of hydrogen-bond donors (Lipinski definition) is 0. The van der Waals surface area contributed by atoms with Crippen LogP contribution in [0.2, 0.25) is 0 Å². The fourth-order valence-corrected chi connectivity index (χ4v) is 2.41. The van der Waals surface area contributed by atoms with Crippen LogP contribution in [-0.4, -0.2) is 29.0 Å². The number of ether oxygens (including phenoxy) is 2. The number of hydrogen-bond acceptors (Lipinski definition) is 5. The number of nitrogens with zero attached hydrogens (tertiary/aromatic N) is 3. The van der Waals surface area contributed by atoms with Crippen LogP contribution in [0.5, 0.6) is 11.5 Å². The first-order chi connectivity index (χ1) is 8.74. The third-order valence-corrected chi connectivity index (χ3v) is 3.60. The Labute approximate surface area is 110 Å². The van der Waals surface area contributed by atoms with Crippen molar-refractivity contribution >= 4 is 11.8 Å². The second-order valence-electron chi connectivity index (χ2n) is 3.69. The zero-order valence-electron chi connectivity index (χ0n) is 10.6. The van der Waals surface area contributed by atoms with Gasteiger partial charge in [-0.05, 0) is 18.2 Å². The van der Waals surface area contributed by atoms with Crippen molar-refractivity contribution in [3.63, 3.8) is 0 Å². The van der Waals surface area contributed by atoms with Gasteiger partial charge in [0.05, 0.1) is 14.2 Å². The Morgan fingerprint density at radius 3 is 2.72 bits per heavy atom. The lowest BCUT2D eigenvalue weighted by atomic mass is 10.2. The van der Waals surface area contributed by atoms with Gasteiger partial charge in [0.1, 0.15) is 17.8 Å². The largest absolute Gasteiger partial charge is 0.497 e. The summed E-state index contributed by atoms with van der Waals surface area (Å²) in [6.07, 6.45) is 1.69. The van der Waals surface area contributed by atoms with Crippen LogP contribution in [0.15, 0.2) is 29.7 Å². The highest BCUT2D eigenvalue weighted by molar-refractivity contribution is 7.98. The maximum atomic E-state index is 5.33. The van der Waals surface area contributed by atoms with E-state index in [0.717, 1.165) is 28.0 Å². The molecule has 1 aromatic carbocycles. The van der Waals surface area contributed by atoms with Crippen molar-refractivity contribution in [2.24, 2.45) is 7.05 Å². The molecule has 6 heteroatoms. The number of aryl methyl sites for hydroxylation is 1. The predicted octanol–water partition coefficient (Wildman–Crippen LogP) is 2.12. The summed E-state index contributed by atoms with van der Waals surface area (Å²) in [4.78, 5) is 0. The third-order valence-electron chi connectivity index (χ3n) is 2.51. The van der Waals surface area contributed by atoms with Gasteiger partial charge in [0.15, 0.2) is 5.16 Å². The maximum absolute atomic E-state index is 5.33. The zero-order valence-corrected chi connectivity index (χ0v) is 11.4. The lowest BCUT2D eigenvalue weighted by molar-refractivity contribution is 0.400. The monoisotopic (exact) mass is 265 g/mol. The molecule has 1 heterocycles. The SMILES string of the molecule is COc1ccc(OC)c(CSc2nncn2C)c1. The maximum Gasteiger partial charge on any atom is 0.191 e. The van der Waals surface area contributed by atoms with Crippen LogP contribution < -0.4 is 9.47 Å². The number of thioether (sulfide) groups is 1. The Balaban J connectivity index is 2.14. The van der Waals surface area contributed by atoms with Crippen molar-refractivity contribution in [2.45, 2.75) is 10.9 Å². The molecule has 96 valence electrons. The van der Waals surface area contributed by atoms with Gasteiger partial charge < -0.3 is 14.0 Å². The molecule has 2 rings (SSSR count). The van der Waals surface area contributed by atoms with E-state index in [1.54, 1.807) is 32.3 Å². The Hall–Kier alpha value is -1.69. The van der Waals surface area contributed by atoms with Gasteiger partial charge in [0.25, 0.3) is 0 Å². The first kappa shape index (κ1) is 12.8. The molecule has 0 atom stereocenters. The van der Waals surface area contributed by atoms with Crippen LogP contribution in [0.25, 0.3) is 0 Å². The molecule has 5 nitrogen and oxygen atoms in total. The van der Waals surface area contributed by atoms with Crippen molar-refractivity contribution in [2.75, 3.05) is 14.2 Å². The molecule has 1 aromatic heterocycles. The fraction of sp³-hybridized carbons (Fsp3) is 0.333. The van der Waals surface area contributed by atoms with E-state index in [1.807, 2.05) is 29.8 Å². The smallest absolute Gasteiger partial charge is 0.191 e. The van der Waals surface area contributed by atoms with Gasteiger partial charge in [-0.2, -0.15) is 0 Å². The molecule has 0 aliphatic carbocycles. The second-order valence-corrected chi connectivity index (χ2v) is 4.63. The number of methoxy groups -OCH3 is 2. The van der Waals surface area contributed by atoms with E-state index in [1.165, 1.54) is 0 Å². The standard InChI is InChI=1S/C12H15N3O2S/c1-15-8-13-14-12(15)18-7-9-6-10(16-2)4-5-11(9)17-3/h4-6,8H,7H2,1-3H3. The van der Waals surface area contributed by atoms with Gasteiger partial charge in [-0.1, -0.05) is 11.8 Å². The molecule has 0 saturated heterocycles. The summed E-state index contributed by atoms with van der Waals surface area (Å²) in [6.45, 7) is 0. The van der Waals surface area contributed by atoms with Gasteiger partial charge in [-0.25, -0.2) is 0 Å². The number of aromatic nitrogens is 3. The van der Waals surface area contributed by atoms with Gasteiger partial charge in [0, 0.05) is 18.4 Å². The van der Waals surface area contributed by atoms with E-state index in [2.05, 4.69) is 10.2 Å². The average Bonchev–Trinajstić information content (AvgIpc) is 2.81. The molecule has 0 spiro atoms. The van der Waals surface area contributed by atoms with Crippen LogP contribution in [0, 0.1) is 0 Å². The summed E-state index contributed by atoms with van der Waals surface area (Å²) < 4.78 is 12.4. The summed E-state index contributed by atoms with van der Waals surface area (Å²) in [5.74, 6) is 2.43. The molecule has 0 aliphatic heterocycles. The quantitative estimate of drug-likeness (QED) is 0.775. The molecule has 0 amide bonds. The molecular weight excluding hydrogens is 250 g/mol. The molecule has 18 heavy (non-hydrogen) atoms. The van der Waals surface area contributed by atoms with Gasteiger partial charge >= 0.3 is 0 Å².